The molecule has 0 fully saturated rings. The SMILES string of the molecule is C/C(=N/O)c1csc(NC(=O)c2cccc(F)c2Br)n1. The summed E-state index contributed by atoms with van der Waals surface area (Å²) in [6, 6.07) is 4.20. The maximum atomic E-state index is 13.4. The number of nitrogens with zero attached hydrogens (tertiary/aromatic N) is 2. The molecule has 2 N–H and O–H groups in total. The van der Waals surface area contributed by atoms with Crippen LogP contribution in [0, 0.1) is 5.82 Å². The molecule has 0 unspecified atom stereocenters. The van der Waals surface area contributed by atoms with Gasteiger partial charge in [0.1, 0.15) is 17.2 Å². The summed E-state index contributed by atoms with van der Waals surface area (Å²) in [5.74, 6) is -0.989. The van der Waals surface area contributed by atoms with Crippen molar-refractivity contribution in [3.8, 4) is 0 Å². The Kier molecular flexibility index (Phi) is 4.46. The number of carbonyl (C=O) groups is 1. The predicted molar refractivity (Wildman–Crippen MR) is 78.2 cm³/mol. The smallest absolute Gasteiger partial charge is 0.258 e. The summed E-state index contributed by atoms with van der Waals surface area (Å²) in [5, 5.41) is 16.2. The third-order valence-electron chi connectivity index (χ3n) is 2.44. The standard InChI is InChI=1S/C12H9BrFN3O2S/c1-6(17-19)9-5-20-12(15-9)16-11(18)7-3-2-4-8(14)10(7)13/h2-5,19H,1H3,(H,15,16,18)/b17-6-. The Bertz CT molecular complexity index is 687. The number of carbonyl (C=O) groups excluding carboxylic acids is 1. The monoisotopic (exact) mass is 357 g/mol. The number of thiazole rings is 1. The minimum Gasteiger partial charge on any atom is -0.411 e. The van der Waals surface area contributed by atoms with Crippen LogP contribution in [0.25, 0.3) is 0 Å². The molecule has 2 aromatic rings. The Morgan fingerprint density at radius 1 is 1.55 bits per heavy atom. The second-order valence-electron chi connectivity index (χ2n) is 3.78. The fourth-order valence-corrected chi connectivity index (χ4v) is 2.59. The molecule has 0 bridgehead atoms. The number of rotatable bonds is 3. The lowest BCUT2D eigenvalue weighted by Gasteiger charge is -2.04. The van der Waals surface area contributed by atoms with E-state index in [1.54, 1.807) is 12.3 Å². The zero-order chi connectivity index (χ0) is 14.7. The molecule has 2 rings (SSSR count). The Hall–Kier alpha value is -1.80. The Balaban J connectivity index is 2.20. The van der Waals surface area contributed by atoms with Crippen molar-refractivity contribution in [2.75, 3.05) is 5.32 Å². The second-order valence-corrected chi connectivity index (χ2v) is 5.43. The van der Waals surface area contributed by atoms with Crippen molar-refractivity contribution in [1.82, 2.24) is 4.98 Å². The number of oxime groups is 1. The highest BCUT2D eigenvalue weighted by Gasteiger charge is 2.15. The van der Waals surface area contributed by atoms with Gasteiger partial charge in [0.05, 0.1) is 10.0 Å². The second kappa shape index (κ2) is 6.10. The highest BCUT2D eigenvalue weighted by molar-refractivity contribution is 9.10. The molecule has 0 aliphatic carbocycles. The molecule has 5 nitrogen and oxygen atoms in total. The molecule has 20 heavy (non-hydrogen) atoms. The lowest BCUT2D eigenvalue weighted by Crippen LogP contribution is -2.13. The first-order chi connectivity index (χ1) is 9.52. The first kappa shape index (κ1) is 14.6. The molecule has 8 heteroatoms. The topological polar surface area (TPSA) is 74.6 Å². The highest BCUT2D eigenvalue weighted by Crippen LogP contribution is 2.23. The minimum atomic E-state index is -0.513. The van der Waals surface area contributed by atoms with Gasteiger partial charge in [-0.3, -0.25) is 10.1 Å². The molecule has 1 heterocycles. The molecule has 1 aromatic carbocycles. The highest BCUT2D eigenvalue weighted by atomic mass is 79.9. The number of hydrogen-bond acceptors (Lipinski definition) is 5. The number of anilines is 1. The van der Waals surface area contributed by atoms with E-state index in [1.165, 1.54) is 29.5 Å². The van der Waals surface area contributed by atoms with Crippen LogP contribution < -0.4 is 5.32 Å². The minimum absolute atomic E-state index is 0.0994. The third kappa shape index (κ3) is 3.02. The zero-order valence-corrected chi connectivity index (χ0v) is 12.6. The van der Waals surface area contributed by atoms with Gasteiger partial charge in [-0.2, -0.15) is 0 Å². The molecule has 0 atom stereocenters. The van der Waals surface area contributed by atoms with Crippen LogP contribution in [0.5, 0.6) is 0 Å². The maximum Gasteiger partial charge on any atom is 0.258 e. The lowest BCUT2D eigenvalue weighted by atomic mass is 10.2. The van der Waals surface area contributed by atoms with Gasteiger partial charge in [-0.25, -0.2) is 9.37 Å². The zero-order valence-electron chi connectivity index (χ0n) is 10.2. The maximum absolute atomic E-state index is 13.4. The largest absolute Gasteiger partial charge is 0.411 e. The quantitative estimate of drug-likeness (QED) is 0.501. The molecule has 104 valence electrons. The summed E-state index contributed by atoms with van der Waals surface area (Å²) in [6.07, 6.45) is 0. The summed E-state index contributed by atoms with van der Waals surface area (Å²) in [7, 11) is 0. The fourth-order valence-electron chi connectivity index (χ4n) is 1.39. The van der Waals surface area contributed by atoms with E-state index in [1.807, 2.05) is 0 Å². The van der Waals surface area contributed by atoms with Gasteiger partial charge < -0.3 is 5.21 Å². The Labute approximate surface area is 126 Å². The number of benzene rings is 1. The van der Waals surface area contributed by atoms with Crippen molar-refractivity contribution in [2.45, 2.75) is 6.92 Å². The molecule has 0 saturated heterocycles. The van der Waals surface area contributed by atoms with Gasteiger partial charge in [0.15, 0.2) is 5.13 Å². The van der Waals surface area contributed by atoms with Crippen molar-refractivity contribution in [3.63, 3.8) is 0 Å². The Morgan fingerprint density at radius 2 is 2.30 bits per heavy atom. The fraction of sp³-hybridized carbons (Fsp3) is 0.0833. The van der Waals surface area contributed by atoms with Crippen molar-refractivity contribution in [1.29, 1.82) is 0 Å². The van der Waals surface area contributed by atoms with Crippen LogP contribution in [-0.2, 0) is 0 Å². The van der Waals surface area contributed by atoms with Gasteiger partial charge in [0, 0.05) is 5.38 Å². The summed E-state index contributed by atoms with van der Waals surface area (Å²) in [5.41, 5.74) is 0.981. The van der Waals surface area contributed by atoms with Gasteiger partial charge in [0.25, 0.3) is 5.91 Å². The van der Waals surface area contributed by atoms with Gasteiger partial charge >= 0.3 is 0 Å². The Morgan fingerprint density at radius 3 is 3.00 bits per heavy atom. The summed E-state index contributed by atoms with van der Waals surface area (Å²) >= 11 is 4.21. The van der Waals surface area contributed by atoms with Gasteiger partial charge in [0.2, 0.25) is 0 Å². The predicted octanol–water partition coefficient (Wildman–Crippen LogP) is 3.50. The van der Waals surface area contributed by atoms with Crippen LogP contribution in [0.3, 0.4) is 0 Å². The molecule has 0 spiro atoms. The van der Waals surface area contributed by atoms with Gasteiger partial charge in [-0.05, 0) is 35.0 Å². The molecule has 1 amide bonds. The van der Waals surface area contributed by atoms with Crippen molar-refractivity contribution < 1.29 is 14.4 Å². The lowest BCUT2D eigenvalue weighted by molar-refractivity contribution is 0.102. The molecule has 0 radical (unpaired) electrons. The number of aromatic nitrogens is 1. The number of nitrogens with one attached hydrogen (secondary N) is 1. The van der Waals surface area contributed by atoms with E-state index in [4.69, 9.17) is 5.21 Å². The number of halogens is 2. The van der Waals surface area contributed by atoms with E-state index in [-0.39, 0.29) is 10.0 Å². The normalized spacial score (nSPS) is 11.4. The van der Waals surface area contributed by atoms with Crippen LogP contribution in [0.2, 0.25) is 0 Å². The van der Waals surface area contributed by atoms with Gasteiger partial charge in [-0.15, -0.1) is 11.3 Å². The first-order valence-electron chi connectivity index (χ1n) is 5.43. The molecular weight excluding hydrogens is 349 g/mol. The van der Waals surface area contributed by atoms with E-state index in [2.05, 4.69) is 31.4 Å². The number of hydrogen-bond donors (Lipinski definition) is 2. The summed E-state index contributed by atoms with van der Waals surface area (Å²) in [4.78, 5) is 16.1. The van der Waals surface area contributed by atoms with Crippen LogP contribution >= 0.6 is 27.3 Å². The van der Waals surface area contributed by atoms with E-state index in [0.717, 1.165) is 0 Å². The van der Waals surface area contributed by atoms with E-state index in [9.17, 15) is 9.18 Å². The molecule has 1 aromatic heterocycles. The molecular formula is C12H9BrFN3O2S. The van der Waals surface area contributed by atoms with Crippen LogP contribution in [0.15, 0.2) is 33.2 Å². The van der Waals surface area contributed by atoms with Crippen LogP contribution in [-0.4, -0.2) is 21.8 Å². The van der Waals surface area contributed by atoms with E-state index in [0.29, 0.717) is 16.5 Å². The average Bonchev–Trinajstić information content (AvgIpc) is 2.89. The molecule has 0 aliphatic rings. The average molecular weight is 358 g/mol. The molecule has 0 aliphatic heterocycles. The first-order valence-corrected chi connectivity index (χ1v) is 7.10. The van der Waals surface area contributed by atoms with E-state index < -0.39 is 11.7 Å². The summed E-state index contributed by atoms with van der Waals surface area (Å²) < 4.78 is 13.5. The third-order valence-corrected chi connectivity index (χ3v) is 4.01. The van der Waals surface area contributed by atoms with Crippen molar-refractivity contribution in [3.05, 3.63) is 45.1 Å². The van der Waals surface area contributed by atoms with Crippen LogP contribution in [0.4, 0.5) is 9.52 Å². The number of amides is 1. The van der Waals surface area contributed by atoms with E-state index >= 15 is 0 Å². The van der Waals surface area contributed by atoms with Crippen LogP contribution in [0.1, 0.15) is 23.0 Å². The van der Waals surface area contributed by atoms with Crippen molar-refractivity contribution >= 4 is 44.0 Å². The van der Waals surface area contributed by atoms with Crippen molar-refractivity contribution in [2.24, 2.45) is 5.16 Å². The van der Waals surface area contributed by atoms with Gasteiger partial charge in [-0.1, -0.05) is 11.2 Å². The molecule has 0 saturated carbocycles. The summed E-state index contributed by atoms with van der Waals surface area (Å²) in [6.45, 7) is 1.59.